The molecule has 1 atom stereocenters. The fraction of sp³-hybridized carbons (Fsp3) is 0.286. The lowest BCUT2D eigenvalue weighted by molar-refractivity contribution is -0.137. The Bertz CT molecular complexity index is 648. The number of aryl methyl sites for hydroxylation is 1. The highest BCUT2D eigenvalue weighted by Crippen LogP contribution is 2.21. The fourth-order valence-electron chi connectivity index (χ4n) is 1.91. The normalized spacial score (nSPS) is 11.9. The number of H-pyrrole nitrogens is 1. The average molecular weight is 288 g/mol. The molecule has 0 fully saturated rings. The third-order valence-electron chi connectivity index (χ3n) is 3.02. The number of carboxylic acid groups (broad SMARTS) is 1. The molecule has 1 unspecified atom stereocenters. The zero-order chi connectivity index (χ0) is 15.4. The first kappa shape index (κ1) is 14.7. The first-order valence-corrected chi connectivity index (χ1v) is 6.48. The van der Waals surface area contributed by atoms with Gasteiger partial charge in [-0.2, -0.15) is 0 Å². The van der Waals surface area contributed by atoms with Crippen molar-refractivity contribution >= 4 is 17.6 Å². The Morgan fingerprint density at radius 3 is 2.52 bits per heavy atom. The number of amides is 1. The third kappa shape index (κ3) is 3.88. The second-order valence-corrected chi connectivity index (χ2v) is 4.82. The van der Waals surface area contributed by atoms with E-state index in [1.807, 2.05) is 6.92 Å². The Hall–Kier alpha value is -2.70. The molecule has 3 N–H and O–H groups in total. The quantitative estimate of drug-likeness (QED) is 0.779. The van der Waals surface area contributed by atoms with Crippen LogP contribution in [0.4, 0.5) is 5.69 Å². The van der Waals surface area contributed by atoms with Crippen LogP contribution in [-0.2, 0) is 4.79 Å². The van der Waals surface area contributed by atoms with Crippen molar-refractivity contribution in [1.82, 2.24) is 15.2 Å². The summed E-state index contributed by atoms with van der Waals surface area (Å²) in [6.45, 7) is 3.56. The van der Waals surface area contributed by atoms with Crippen LogP contribution in [0.25, 0.3) is 0 Å². The number of hydrogen-bond acceptors (Lipinski definition) is 4. The number of carboxylic acids is 1. The Kier molecular flexibility index (Phi) is 4.32. The molecule has 2 aromatic rings. The molecule has 7 nitrogen and oxygen atoms in total. The Morgan fingerprint density at radius 1 is 1.33 bits per heavy atom. The summed E-state index contributed by atoms with van der Waals surface area (Å²) in [5.74, 6) is -0.665. The van der Waals surface area contributed by atoms with Crippen LogP contribution >= 0.6 is 0 Å². The third-order valence-corrected chi connectivity index (χ3v) is 3.02. The lowest BCUT2D eigenvalue weighted by Gasteiger charge is -2.10. The topological polar surface area (TPSA) is 108 Å². The van der Waals surface area contributed by atoms with E-state index >= 15 is 0 Å². The molecule has 110 valence electrons. The molecule has 0 saturated heterocycles. The summed E-state index contributed by atoms with van der Waals surface area (Å²) < 4.78 is 0. The molecule has 1 aromatic heterocycles. The molecular formula is C14H16N4O3. The highest BCUT2D eigenvalue weighted by atomic mass is 16.4. The van der Waals surface area contributed by atoms with Crippen LogP contribution in [0.1, 0.15) is 41.3 Å². The molecule has 0 aliphatic carbocycles. The van der Waals surface area contributed by atoms with Crippen molar-refractivity contribution in [2.45, 2.75) is 26.2 Å². The van der Waals surface area contributed by atoms with Gasteiger partial charge in [0, 0.05) is 5.69 Å². The van der Waals surface area contributed by atoms with E-state index in [0.717, 1.165) is 5.56 Å². The number of hydrogen-bond donors (Lipinski definition) is 3. The molecular weight excluding hydrogens is 272 g/mol. The molecule has 7 heteroatoms. The van der Waals surface area contributed by atoms with Crippen LogP contribution in [0.2, 0.25) is 0 Å². The second-order valence-electron chi connectivity index (χ2n) is 4.82. The molecule has 0 radical (unpaired) electrons. The van der Waals surface area contributed by atoms with E-state index < -0.39 is 11.9 Å². The summed E-state index contributed by atoms with van der Waals surface area (Å²) in [6, 6.07) is 7.05. The molecule has 0 aliphatic rings. The Morgan fingerprint density at radius 2 is 2.00 bits per heavy atom. The maximum Gasteiger partial charge on any atom is 0.303 e. The summed E-state index contributed by atoms with van der Waals surface area (Å²) in [6.07, 6.45) is 0.0716. The van der Waals surface area contributed by atoms with Crippen molar-refractivity contribution in [3.8, 4) is 0 Å². The summed E-state index contributed by atoms with van der Waals surface area (Å²) in [7, 11) is 0. The van der Waals surface area contributed by atoms with E-state index in [0.29, 0.717) is 11.5 Å². The zero-order valence-electron chi connectivity index (χ0n) is 11.8. The van der Waals surface area contributed by atoms with Gasteiger partial charge >= 0.3 is 5.97 Å². The number of rotatable bonds is 5. The molecule has 1 aromatic carbocycles. The number of carbonyl (C=O) groups is 2. The summed E-state index contributed by atoms with van der Waals surface area (Å²) in [5, 5.41) is 17.8. The van der Waals surface area contributed by atoms with Crippen molar-refractivity contribution < 1.29 is 14.7 Å². The minimum atomic E-state index is -0.833. The molecule has 0 spiro atoms. The predicted octanol–water partition coefficient (Wildman–Crippen LogP) is 1.94. The number of nitrogens with zero attached hydrogens (tertiary/aromatic N) is 2. The van der Waals surface area contributed by atoms with Crippen molar-refractivity contribution in [3.63, 3.8) is 0 Å². The van der Waals surface area contributed by atoms with Gasteiger partial charge in [0.05, 0.1) is 6.42 Å². The van der Waals surface area contributed by atoms with Crippen LogP contribution in [0.3, 0.4) is 0 Å². The van der Waals surface area contributed by atoms with Crippen molar-refractivity contribution in [1.29, 1.82) is 0 Å². The largest absolute Gasteiger partial charge is 0.481 e. The first-order valence-electron chi connectivity index (χ1n) is 6.48. The number of anilines is 1. The number of aliphatic carboxylic acids is 1. The lowest BCUT2D eigenvalue weighted by Crippen LogP contribution is -2.13. The van der Waals surface area contributed by atoms with E-state index in [1.54, 1.807) is 31.2 Å². The number of aromatic nitrogens is 3. The van der Waals surface area contributed by atoms with E-state index in [4.69, 9.17) is 5.11 Å². The smallest absolute Gasteiger partial charge is 0.303 e. The SMILES string of the molecule is Cc1nc(C(=O)Nc2ccc(C(C)CC(=O)O)cc2)n[nH]1. The van der Waals surface area contributed by atoms with Crippen LogP contribution in [-0.4, -0.2) is 32.2 Å². The summed E-state index contributed by atoms with van der Waals surface area (Å²) in [5.41, 5.74) is 1.51. The van der Waals surface area contributed by atoms with Gasteiger partial charge < -0.3 is 10.4 Å². The molecule has 0 aliphatic heterocycles. The van der Waals surface area contributed by atoms with E-state index in [1.165, 1.54) is 0 Å². The lowest BCUT2D eigenvalue weighted by atomic mass is 9.98. The highest BCUT2D eigenvalue weighted by molar-refractivity contribution is 6.01. The van der Waals surface area contributed by atoms with Crippen LogP contribution < -0.4 is 5.32 Å². The molecule has 21 heavy (non-hydrogen) atoms. The monoisotopic (exact) mass is 288 g/mol. The number of carbonyl (C=O) groups excluding carboxylic acids is 1. The average Bonchev–Trinajstić information content (AvgIpc) is 2.85. The van der Waals surface area contributed by atoms with Gasteiger partial charge in [-0.3, -0.25) is 14.7 Å². The minimum absolute atomic E-state index is 0.0716. The van der Waals surface area contributed by atoms with Crippen molar-refractivity contribution in [2.24, 2.45) is 0 Å². The molecule has 0 bridgehead atoms. The Balaban J connectivity index is 2.02. The molecule has 0 saturated carbocycles. The fourth-order valence-corrected chi connectivity index (χ4v) is 1.91. The van der Waals surface area contributed by atoms with Crippen molar-refractivity contribution in [2.75, 3.05) is 5.32 Å². The zero-order valence-corrected chi connectivity index (χ0v) is 11.8. The van der Waals surface area contributed by atoms with Crippen LogP contribution in [0.5, 0.6) is 0 Å². The molecule has 1 amide bonds. The molecule has 1 heterocycles. The molecule has 2 rings (SSSR count). The maximum atomic E-state index is 11.9. The predicted molar refractivity (Wildman–Crippen MR) is 76.2 cm³/mol. The van der Waals surface area contributed by atoms with Gasteiger partial charge in [0.25, 0.3) is 5.91 Å². The van der Waals surface area contributed by atoms with Gasteiger partial charge in [-0.15, -0.1) is 5.10 Å². The van der Waals surface area contributed by atoms with Gasteiger partial charge in [0.15, 0.2) is 0 Å². The summed E-state index contributed by atoms with van der Waals surface area (Å²) in [4.78, 5) is 26.5. The minimum Gasteiger partial charge on any atom is -0.481 e. The second kappa shape index (κ2) is 6.17. The summed E-state index contributed by atoms with van der Waals surface area (Å²) >= 11 is 0. The number of nitrogens with one attached hydrogen (secondary N) is 2. The maximum absolute atomic E-state index is 11.9. The van der Waals surface area contributed by atoms with Gasteiger partial charge in [-0.25, -0.2) is 4.98 Å². The van der Waals surface area contributed by atoms with E-state index in [2.05, 4.69) is 20.5 Å². The highest BCUT2D eigenvalue weighted by Gasteiger charge is 2.13. The van der Waals surface area contributed by atoms with Gasteiger partial charge in [-0.1, -0.05) is 19.1 Å². The van der Waals surface area contributed by atoms with Gasteiger partial charge in [-0.05, 0) is 30.5 Å². The van der Waals surface area contributed by atoms with Gasteiger partial charge in [0.1, 0.15) is 5.82 Å². The number of benzene rings is 1. The van der Waals surface area contributed by atoms with Gasteiger partial charge in [0.2, 0.25) is 5.82 Å². The van der Waals surface area contributed by atoms with Crippen molar-refractivity contribution in [3.05, 3.63) is 41.5 Å². The number of aromatic amines is 1. The first-order chi connectivity index (χ1) is 9.95. The standard InChI is InChI=1S/C14H16N4O3/c1-8(7-12(19)20)10-3-5-11(6-4-10)16-14(21)13-15-9(2)17-18-13/h3-6,8H,7H2,1-2H3,(H,16,21)(H,19,20)(H,15,17,18). The van der Waals surface area contributed by atoms with E-state index in [9.17, 15) is 9.59 Å². The van der Waals surface area contributed by atoms with E-state index in [-0.39, 0.29) is 18.2 Å². The Labute approximate surface area is 121 Å². The van der Waals surface area contributed by atoms with Crippen LogP contribution in [0.15, 0.2) is 24.3 Å². The van der Waals surface area contributed by atoms with Crippen LogP contribution in [0, 0.1) is 6.92 Å².